The lowest BCUT2D eigenvalue weighted by Crippen LogP contribution is -2.27. The second-order valence-electron chi connectivity index (χ2n) is 6.00. The zero-order chi connectivity index (χ0) is 14.6. The number of furan rings is 1. The van der Waals surface area contributed by atoms with Crippen molar-refractivity contribution in [1.82, 2.24) is 10.3 Å². The van der Waals surface area contributed by atoms with Crippen molar-refractivity contribution in [3.63, 3.8) is 0 Å². The molecule has 0 atom stereocenters. The van der Waals surface area contributed by atoms with Crippen LogP contribution in [0.15, 0.2) is 41.1 Å². The number of rotatable bonds is 4. The monoisotopic (exact) mass is 272 g/mol. The molecule has 0 saturated carbocycles. The molecular formula is C16H20N2O2. The van der Waals surface area contributed by atoms with Gasteiger partial charge in [0.2, 0.25) is 5.91 Å². The van der Waals surface area contributed by atoms with Crippen LogP contribution < -0.4 is 5.32 Å². The van der Waals surface area contributed by atoms with Gasteiger partial charge in [-0.2, -0.15) is 0 Å². The zero-order valence-corrected chi connectivity index (χ0v) is 12.1. The Hall–Kier alpha value is -2.10. The van der Waals surface area contributed by atoms with Crippen LogP contribution in [-0.4, -0.2) is 10.9 Å². The van der Waals surface area contributed by atoms with Gasteiger partial charge in [0.15, 0.2) is 5.76 Å². The Kier molecular flexibility index (Phi) is 4.23. The highest BCUT2D eigenvalue weighted by atomic mass is 16.3. The van der Waals surface area contributed by atoms with Crippen molar-refractivity contribution < 1.29 is 9.21 Å². The van der Waals surface area contributed by atoms with Crippen molar-refractivity contribution in [3.05, 3.63) is 42.3 Å². The molecule has 2 rings (SSSR count). The van der Waals surface area contributed by atoms with Crippen LogP contribution in [0, 0.1) is 5.41 Å². The number of amides is 1. The molecule has 1 N–H and O–H groups in total. The van der Waals surface area contributed by atoms with Crippen LogP contribution in [0.1, 0.15) is 32.8 Å². The summed E-state index contributed by atoms with van der Waals surface area (Å²) in [5.41, 5.74) is 1.71. The molecule has 4 heteroatoms. The molecule has 0 aliphatic rings. The average molecular weight is 272 g/mol. The predicted molar refractivity (Wildman–Crippen MR) is 77.9 cm³/mol. The van der Waals surface area contributed by atoms with Crippen LogP contribution >= 0.6 is 0 Å². The molecular weight excluding hydrogens is 252 g/mol. The molecule has 4 nitrogen and oxygen atoms in total. The van der Waals surface area contributed by atoms with Gasteiger partial charge in [-0.1, -0.05) is 26.8 Å². The number of nitrogens with one attached hydrogen (secondary N) is 1. The highest BCUT2D eigenvalue weighted by Crippen LogP contribution is 2.22. The Balaban J connectivity index is 2.06. The molecule has 0 saturated heterocycles. The van der Waals surface area contributed by atoms with Crippen molar-refractivity contribution >= 4 is 5.91 Å². The minimum absolute atomic E-state index is 0.0110. The van der Waals surface area contributed by atoms with Gasteiger partial charge in [-0.05, 0) is 23.6 Å². The third kappa shape index (κ3) is 3.95. The minimum Gasteiger partial charge on any atom is -0.463 e. The van der Waals surface area contributed by atoms with Gasteiger partial charge >= 0.3 is 0 Å². The number of hydrogen-bond donors (Lipinski definition) is 1. The number of aromatic nitrogens is 1. The van der Waals surface area contributed by atoms with Gasteiger partial charge < -0.3 is 9.73 Å². The smallest absolute Gasteiger partial charge is 0.220 e. The number of hydrogen-bond acceptors (Lipinski definition) is 3. The van der Waals surface area contributed by atoms with Gasteiger partial charge in [0.1, 0.15) is 5.69 Å². The van der Waals surface area contributed by atoms with Crippen molar-refractivity contribution in [2.75, 3.05) is 0 Å². The molecule has 2 heterocycles. The predicted octanol–water partition coefficient (Wildman–Crippen LogP) is 3.39. The van der Waals surface area contributed by atoms with E-state index in [1.807, 2.05) is 45.0 Å². The summed E-state index contributed by atoms with van der Waals surface area (Å²) in [6.45, 7) is 6.60. The number of carbonyl (C=O) groups excluding carboxylic acids is 1. The van der Waals surface area contributed by atoms with E-state index in [0.717, 1.165) is 11.3 Å². The Labute approximate surface area is 119 Å². The number of nitrogens with zero attached hydrogens (tertiary/aromatic N) is 1. The molecule has 1 amide bonds. The molecule has 0 aromatic carbocycles. The van der Waals surface area contributed by atoms with Gasteiger partial charge in [0.05, 0.1) is 6.26 Å². The van der Waals surface area contributed by atoms with E-state index < -0.39 is 0 Å². The maximum absolute atomic E-state index is 11.9. The van der Waals surface area contributed by atoms with E-state index in [2.05, 4.69) is 10.3 Å². The summed E-state index contributed by atoms with van der Waals surface area (Å²) >= 11 is 0. The molecule has 2 aromatic heterocycles. The molecule has 0 spiro atoms. The van der Waals surface area contributed by atoms with Crippen LogP contribution in [0.25, 0.3) is 11.5 Å². The summed E-state index contributed by atoms with van der Waals surface area (Å²) in [6.07, 6.45) is 3.84. The van der Waals surface area contributed by atoms with Crippen molar-refractivity contribution in [2.24, 2.45) is 5.41 Å². The highest BCUT2D eigenvalue weighted by Gasteiger charge is 2.16. The van der Waals surface area contributed by atoms with Crippen molar-refractivity contribution in [3.8, 4) is 11.5 Å². The number of carbonyl (C=O) groups is 1. The third-order valence-corrected chi connectivity index (χ3v) is 2.81. The molecule has 0 radical (unpaired) electrons. The molecule has 0 unspecified atom stereocenters. The van der Waals surface area contributed by atoms with Crippen molar-refractivity contribution in [2.45, 2.75) is 33.7 Å². The molecule has 0 aliphatic carbocycles. The van der Waals surface area contributed by atoms with Crippen LogP contribution in [-0.2, 0) is 11.3 Å². The molecule has 2 aromatic rings. The van der Waals surface area contributed by atoms with E-state index in [1.165, 1.54) is 0 Å². The molecule has 0 fully saturated rings. The van der Waals surface area contributed by atoms with Gasteiger partial charge in [-0.3, -0.25) is 9.78 Å². The van der Waals surface area contributed by atoms with Crippen molar-refractivity contribution in [1.29, 1.82) is 0 Å². The minimum atomic E-state index is -0.0110. The first kappa shape index (κ1) is 14.3. The summed E-state index contributed by atoms with van der Waals surface area (Å²) in [7, 11) is 0. The van der Waals surface area contributed by atoms with Crippen LogP contribution in [0.2, 0.25) is 0 Å². The SMILES string of the molecule is CC(C)(C)CC(=O)NCc1cccnc1-c1ccco1. The second kappa shape index (κ2) is 5.90. The van der Waals surface area contributed by atoms with E-state index in [9.17, 15) is 4.79 Å². The fourth-order valence-corrected chi connectivity index (χ4v) is 1.95. The fourth-order valence-electron chi connectivity index (χ4n) is 1.95. The van der Waals surface area contributed by atoms with Crippen LogP contribution in [0.5, 0.6) is 0 Å². The lowest BCUT2D eigenvalue weighted by molar-refractivity contribution is -0.122. The largest absolute Gasteiger partial charge is 0.463 e. The van der Waals surface area contributed by atoms with E-state index in [-0.39, 0.29) is 11.3 Å². The summed E-state index contributed by atoms with van der Waals surface area (Å²) in [6, 6.07) is 7.49. The Bertz CT molecular complexity index is 568. The topological polar surface area (TPSA) is 55.1 Å². The van der Waals surface area contributed by atoms with Crippen LogP contribution in [0.4, 0.5) is 0 Å². The molecule has 20 heavy (non-hydrogen) atoms. The lowest BCUT2D eigenvalue weighted by Gasteiger charge is -2.17. The summed E-state index contributed by atoms with van der Waals surface area (Å²) in [4.78, 5) is 16.2. The maximum atomic E-state index is 11.9. The van der Waals surface area contributed by atoms with Gasteiger partial charge in [-0.15, -0.1) is 0 Å². The van der Waals surface area contributed by atoms with Gasteiger partial charge in [-0.25, -0.2) is 0 Å². The van der Waals surface area contributed by atoms with E-state index >= 15 is 0 Å². The first-order chi connectivity index (χ1) is 9.46. The van der Waals surface area contributed by atoms with E-state index in [0.29, 0.717) is 18.7 Å². The number of pyridine rings is 1. The van der Waals surface area contributed by atoms with Crippen LogP contribution in [0.3, 0.4) is 0 Å². The normalized spacial score (nSPS) is 11.3. The quantitative estimate of drug-likeness (QED) is 0.928. The Morgan fingerprint density at radius 2 is 2.10 bits per heavy atom. The Morgan fingerprint density at radius 1 is 1.30 bits per heavy atom. The summed E-state index contributed by atoms with van der Waals surface area (Å²) in [5, 5.41) is 2.94. The summed E-state index contributed by atoms with van der Waals surface area (Å²) in [5.74, 6) is 0.761. The summed E-state index contributed by atoms with van der Waals surface area (Å²) < 4.78 is 5.37. The lowest BCUT2D eigenvalue weighted by atomic mass is 9.92. The second-order valence-corrected chi connectivity index (χ2v) is 6.00. The molecule has 0 bridgehead atoms. The third-order valence-electron chi connectivity index (χ3n) is 2.81. The maximum Gasteiger partial charge on any atom is 0.220 e. The zero-order valence-electron chi connectivity index (χ0n) is 12.1. The van der Waals surface area contributed by atoms with E-state index in [1.54, 1.807) is 12.5 Å². The first-order valence-corrected chi connectivity index (χ1v) is 6.70. The van der Waals surface area contributed by atoms with E-state index in [4.69, 9.17) is 4.42 Å². The molecule has 106 valence electrons. The molecule has 0 aliphatic heterocycles. The highest BCUT2D eigenvalue weighted by molar-refractivity contribution is 5.76. The van der Waals surface area contributed by atoms with Gasteiger partial charge in [0.25, 0.3) is 0 Å². The first-order valence-electron chi connectivity index (χ1n) is 6.70. The standard InChI is InChI=1S/C16H20N2O2/c1-16(2,3)10-14(19)18-11-12-6-4-8-17-15(12)13-7-5-9-20-13/h4-9H,10-11H2,1-3H3,(H,18,19). The fraction of sp³-hybridized carbons (Fsp3) is 0.375. The van der Waals surface area contributed by atoms with Gasteiger partial charge in [0, 0.05) is 24.7 Å². The Morgan fingerprint density at radius 3 is 2.75 bits per heavy atom. The average Bonchev–Trinajstić information content (AvgIpc) is 2.88.